The molecule has 4 rings (SSSR count). The third kappa shape index (κ3) is 5.75. The molecule has 4 heteroatoms. The van der Waals surface area contributed by atoms with Crippen molar-refractivity contribution in [2.75, 3.05) is 13.2 Å². The molecule has 0 bridgehead atoms. The average Bonchev–Trinajstić information content (AvgIpc) is 2.80. The van der Waals surface area contributed by atoms with Gasteiger partial charge in [-0.1, -0.05) is 91.0 Å². The van der Waals surface area contributed by atoms with Gasteiger partial charge in [0.1, 0.15) is 12.2 Å². The second-order valence-corrected chi connectivity index (χ2v) is 7.09. The Morgan fingerprint density at radius 3 is 1.97 bits per heavy atom. The van der Waals surface area contributed by atoms with E-state index in [0.29, 0.717) is 26.4 Å². The molecule has 1 fully saturated rings. The minimum Gasteiger partial charge on any atom is -0.374 e. The number of rotatable bonds is 8. The van der Waals surface area contributed by atoms with Crippen LogP contribution in [0, 0.1) is 0 Å². The zero-order valence-electron chi connectivity index (χ0n) is 16.4. The van der Waals surface area contributed by atoms with Gasteiger partial charge in [0.15, 0.2) is 6.29 Å². The van der Waals surface area contributed by atoms with Crippen LogP contribution in [0.25, 0.3) is 0 Å². The fourth-order valence-electron chi connectivity index (χ4n) is 3.31. The van der Waals surface area contributed by atoms with Crippen LogP contribution in [0.4, 0.5) is 0 Å². The molecule has 3 aromatic carbocycles. The third-order valence-corrected chi connectivity index (χ3v) is 4.90. The van der Waals surface area contributed by atoms with Crippen molar-refractivity contribution in [1.29, 1.82) is 0 Å². The first-order valence-electron chi connectivity index (χ1n) is 9.98. The summed E-state index contributed by atoms with van der Waals surface area (Å²) in [5.41, 5.74) is 3.27. The fourth-order valence-corrected chi connectivity index (χ4v) is 3.31. The van der Waals surface area contributed by atoms with E-state index in [9.17, 15) is 0 Å². The second-order valence-electron chi connectivity index (χ2n) is 7.09. The van der Waals surface area contributed by atoms with Gasteiger partial charge in [-0.25, -0.2) is 0 Å². The van der Waals surface area contributed by atoms with Crippen LogP contribution in [0.3, 0.4) is 0 Å². The van der Waals surface area contributed by atoms with Gasteiger partial charge < -0.3 is 18.9 Å². The van der Waals surface area contributed by atoms with E-state index < -0.39 is 6.29 Å². The maximum absolute atomic E-state index is 6.24. The standard InChI is InChI=1S/C25H26O4/c1-4-10-20(11-5-1)16-26-18-24-23(27-17-21-12-6-2-7-13-21)19-28-25(29-24)22-14-8-3-9-15-22/h1-15,23-25H,16-19H2. The molecule has 1 aliphatic rings. The molecule has 4 nitrogen and oxygen atoms in total. The topological polar surface area (TPSA) is 36.9 Å². The van der Waals surface area contributed by atoms with Crippen molar-refractivity contribution in [3.05, 3.63) is 108 Å². The van der Waals surface area contributed by atoms with E-state index in [2.05, 4.69) is 24.3 Å². The summed E-state index contributed by atoms with van der Waals surface area (Å²) in [6.07, 6.45) is -0.801. The van der Waals surface area contributed by atoms with Gasteiger partial charge in [0.25, 0.3) is 0 Å². The molecular weight excluding hydrogens is 364 g/mol. The molecule has 3 atom stereocenters. The number of hydrogen-bond acceptors (Lipinski definition) is 4. The van der Waals surface area contributed by atoms with Crippen LogP contribution in [0.15, 0.2) is 91.0 Å². The molecule has 0 radical (unpaired) electrons. The highest BCUT2D eigenvalue weighted by atomic mass is 16.7. The van der Waals surface area contributed by atoms with E-state index in [1.54, 1.807) is 0 Å². The molecule has 0 spiro atoms. The Hall–Kier alpha value is -2.50. The highest BCUT2D eigenvalue weighted by Crippen LogP contribution is 2.28. The summed E-state index contributed by atoms with van der Waals surface area (Å²) in [5, 5.41) is 0. The SMILES string of the molecule is c1ccc(COCC2OC(c3ccccc3)OCC2OCc2ccccc2)cc1. The van der Waals surface area contributed by atoms with E-state index >= 15 is 0 Å². The lowest BCUT2D eigenvalue weighted by molar-refractivity contribution is -0.276. The van der Waals surface area contributed by atoms with Crippen molar-refractivity contribution in [2.45, 2.75) is 31.7 Å². The van der Waals surface area contributed by atoms with Gasteiger partial charge >= 0.3 is 0 Å². The summed E-state index contributed by atoms with van der Waals surface area (Å²) < 4.78 is 24.3. The van der Waals surface area contributed by atoms with Crippen LogP contribution in [0.1, 0.15) is 23.0 Å². The lowest BCUT2D eigenvalue weighted by atomic mass is 10.1. The molecule has 3 aromatic rings. The zero-order valence-corrected chi connectivity index (χ0v) is 16.4. The monoisotopic (exact) mass is 390 g/mol. The van der Waals surface area contributed by atoms with Gasteiger partial charge in [0, 0.05) is 5.56 Å². The van der Waals surface area contributed by atoms with Crippen molar-refractivity contribution >= 4 is 0 Å². The largest absolute Gasteiger partial charge is 0.374 e. The smallest absolute Gasteiger partial charge is 0.184 e. The number of ether oxygens (including phenoxy) is 4. The Morgan fingerprint density at radius 2 is 1.31 bits per heavy atom. The lowest BCUT2D eigenvalue weighted by Crippen LogP contribution is -2.44. The summed E-state index contributed by atoms with van der Waals surface area (Å²) >= 11 is 0. The van der Waals surface area contributed by atoms with Crippen molar-refractivity contribution in [3.63, 3.8) is 0 Å². The highest BCUT2D eigenvalue weighted by molar-refractivity contribution is 5.17. The zero-order chi connectivity index (χ0) is 19.7. The fraction of sp³-hybridized carbons (Fsp3) is 0.280. The predicted molar refractivity (Wildman–Crippen MR) is 111 cm³/mol. The average molecular weight is 390 g/mol. The molecule has 150 valence electrons. The summed E-state index contributed by atoms with van der Waals surface area (Å²) in [5.74, 6) is 0. The summed E-state index contributed by atoms with van der Waals surface area (Å²) in [7, 11) is 0. The van der Waals surface area contributed by atoms with Crippen LogP contribution in [0.5, 0.6) is 0 Å². The Kier molecular flexibility index (Phi) is 7.05. The molecule has 1 saturated heterocycles. The van der Waals surface area contributed by atoms with Crippen molar-refractivity contribution in [2.24, 2.45) is 0 Å². The van der Waals surface area contributed by atoms with E-state index in [1.807, 2.05) is 66.7 Å². The molecule has 1 heterocycles. The van der Waals surface area contributed by atoms with E-state index in [-0.39, 0.29) is 12.2 Å². The summed E-state index contributed by atoms with van der Waals surface area (Å²) in [6.45, 7) is 1.97. The maximum Gasteiger partial charge on any atom is 0.184 e. The van der Waals surface area contributed by atoms with E-state index in [1.165, 1.54) is 0 Å². The molecule has 0 saturated carbocycles. The van der Waals surface area contributed by atoms with Gasteiger partial charge in [-0.15, -0.1) is 0 Å². The minimum atomic E-state index is -0.405. The van der Waals surface area contributed by atoms with Gasteiger partial charge in [-0.05, 0) is 11.1 Å². The molecule has 1 aliphatic heterocycles. The van der Waals surface area contributed by atoms with E-state index in [0.717, 1.165) is 16.7 Å². The van der Waals surface area contributed by atoms with Crippen LogP contribution in [-0.2, 0) is 32.2 Å². The first-order valence-corrected chi connectivity index (χ1v) is 9.98. The van der Waals surface area contributed by atoms with Crippen LogP contribution in [-0.4, -0.2) is 25.4 Å². The summed E-state index contributed by atoms with van der Waals surface area (Å²) in [4.78, 5) is 0. The van der Waals surface area contributed by atoms with Crippen molar-refractivity contribution in [3.8, 4) is 0 Å². The molecule has 0 amide bonds. The van der Waals surface area contributed by atoms with Crippen LogP contribution < -0.4 is 0 Å². The van der Waals surface area contributed by atoms with Gasteiger partial charge in [0.2, 0.25) is 0 Å². The Morgan fingerprint density at radius 1 is 0.724 bits per heavy atom. The number of benzene rings is 3. The quantitative estimate of drug-likeness (QED) is 0.548. The highest BCUT2D eigenvalue weighted by Gasteiger charge is 2.33. The third-order valence-electron chi connectivity index (χ3n) is 4.90. The minimum absolute atomic E-state index is 0.189. The second kappa shape index (κ2) is 10.3. The first-order chi connectivity index (χ1) is 14.4. The molecular formula is C25H26O4. The maximum atomic E-state index is 6.24. The Labute approximate surface area is 172 Å². The van der Waals surface area contributed by atoms with Crippen molar-refractivity contribution < 1.29 is 18.9 Å². The molecule has 3 unspecified atom stereocenters. The van der Waals surface area contributed by atoms with Crippen molar-refractivity contribution in [1.82, 2.24) is 0 Å². The Balaban J connectivity index is 1.38. The Bertz CT molecular complexity index is 838. The van der Waals surface area contributed by atoms with Gasteiger partial charge in [-0.3, -0.25) is 0 Å². The lowest BCUT2D eigenvalue weighted by Gasteiger charge is -2.36. The predicted octanol–water partition coefficient (Wildman–Crippen LogP) is 4.90. The molecule has 29 heavy (non-hydrogen) atoms. The molecule has 0 N–H and O–H groups in total. The first kappa shape index (κ1) is 19.8. The van der Waals surface area contributed by atoms with Gasteiger partial charge in [0.05, 0.1) is 26.4 Å². The molecule has 0 aliphatic carbocycles. The summed E-state index contributed by atoms with van der Waals surface area (Å²) in [6, 6.07) is 30.3. The van der Waals surface area contributed by atoms with Crippen LogP contribution in [0.2, 0.25) is 0 Å². The van der Waals surface area contributed by atoms with Crippen LogP contribution >= 0.6 is 0 Å². The normalized spacial score (nSPS) is 21.7. The van der Waals surface area contributed by atoms with E-state index in [4.69, 9.17) is 18.9 Å². The number of hydrogen-bond donors (Lipinski definition) is 0. The molecule has 0 aromatic heterocycles. The van der Waals surface area contributed by atoms with Gasteiger partial charge in [-0.2, -0.15) is 0 Å².